The van der Waals surface area contributed by atoms with Crippen molar-refractivity contribution in [1.82, 2.24) is 10.6 Å². The number of hydrogen-bond acceptors (Lipinski definition) is 3. The zero-order valence-corrected chi connectivity index (χ0v) is 10.0. The highest BCUT2D eigenvalue weighted by molar-refractivity contribution is 5.36. The van der Waals surface area contributed by atoms with Crippen LogP contribution in [0.3, 0.4) is 0 Å². The average molecular weight is 226 g/mol. The first-order chi connectivity index (χ1) is 7.72. The van der Waals surface area contributed by atoms with Gasteiger partial charge in [0.25, 0.3) is 0 Å². The number of halogens is 1. The normalized spacial score (nSPS) is 12.5. The SMILES string of the molecule is CCNCC(NC)c1cc(F)ccc1OC. The van der Waals surface area contributed by atoms with Crippen LogP contribution in [0.4, 0.5) is 4.39 Å². The van der Waals surface area contributed by atoms with Crippen LogP contribution in [0.15, 0.2) is 18.2 Å². The number of rotatable bonds is 6. The molecule has 0 saturated carbocycles. The molecule has 0 aliphatic carbocycles. The average Bonchev–Trinajstić information content (AvgIpc) is 2.30. The molecule has 0 bridgehead atoms. The third-order valence-electron chi connectivity index (χ3n) is 2.51. The molecule has 16 heavy (non-hydrogen) atoms. The molecule has 3 nitrogen and oxygen atoms in total. The maximum atomic E-state index is 13.2. The first-order valence-electron chi connectivity index (χ1n) is 5.44. The van der Waals surface area contributed by atoms with E-state index in [9.17, 15) is 4.39 Å². The molecule has 0 radical (unpaired) electrons. The van der Waals surface area contributed by atoms with Crippen molar-refractivity contribution < 1.29 is 9.13 Å². The van der Waals surface area contributed by atoms with E-state index in [-0.39, 0.29) is 11.9 Å². The lowest BCUT2D eigenvalue weighted by Crippen LogP contribution is -2.29. The van der Waals surface area contributed by atoms with Crippen LogP contribution < -0.4 is 15.4 Å². The highest BCUT2D eigenvalue weighted by Gasteiger charge is 2.14. The molecule has 4 heteroatoms. The maximum absolute atomic E-state index is 13.2. The molecule has 0 aliphatic heterocycles. The number of likely N-dealkylation sites (N-methyl/N-ethyl adjacent to an activating group) is 2. The van der Waals surface area contributed by atoms with Gasteiger partial charge in [-0.1, -0.05) is 6.92 Å². The van der Waals surface area contributed by atoms with Crippen LogP contribution in [-0.2, 0) is 0 Å². The van der Waals surface area contributed by atoms with Gasteiger partial charge in [0.15, 0.2) is 0 Å². The molecule has 1 atom stereocenters. The number of ether oxygens (including phenoxy) is 1. The van der Waals surface area contributed by atoms with Crippen molar-refractivity contribution in [2.75, 3.05) is 27.2 Å². The second-order valence-electron chi connectivity index (χ2n) is 3.54. The summed E-state index contributed by atoms with van der Waals surface area (Å²) in [5, 5.41) is 6.37. The Bertz CT molecular complexity index is 331. The second kappa shape index (κ2) is 6.45. The lowest BCUT2D eigenvalue weighted by atomic mass is 10.1. The van der Waals surface area contributed by atoms with Crippen LogP contribution in [-0.4, -0.2) is 27.2 Å². The Hall–Kier alpha value is -1.13. The molecule has 1 rings (SSSR count). The Balaban J connectivity index is 2.92. The van der Waals surface area contributed by atoms with E-state index in [1.807, 2.05) is 14.0 Å². The van der Waals surface area contributed by atoms with Crippen molar-refractivity contribution in [3.8, 4) is 5.75 Å². The summed E-state index contributed by atoms with van der Waals surface area (Å²) in [4.78, 5) is 0. The molecular weight excluding hydrogens is 207 g/mol. The fourth-order valence-electron chi connectivity index (χ4n) is 1.63. The van der Waals surface area contributed by atoms with E-state index in [1.165, 1.54) is 12.1 Å². The van der Waals surface area contributed by atoms with Gasteiger partial charge in [-0.15, -0.1) is 0 Å². The zero-order chi connectivity index (χ0) is 12.0. The van der Waals surface area contributed by atoms with Crippen molar-refractivity contribution >= 4 is 0 Å². The fraction of sp³-hybridized carbons (Fsp3) is 0.500. The quantitative estimate of drug-likeness (QED) is 0.774. The largest absolute Gasteiger partial charge is 0.496 e. The van der Waals surface area contributed by atoms with Crippen LogP contribution in [0.5, 0.6) is 5.75 Å². The van der Waals surface area contributed by atoms with Crippen LogP contribution in [0.25, 0.3) is 0 Å². The highest BCUT2D eigenvalue weighted by atomic mass is 19.1. The van der Waals surface area contributed by atoms with Crippen molar-refractivity contribution in [2.45, 2.75) is 13.0 Å². The van der Waals surface area contributed by atoms with E-state index in [0.717, 1.165) is 18.7 Å². The summed E-state index contributed by atoms with van der Waals surface area (Å²) >= 11 is 0. The summed E-state index contributed by atoms with van der Waals surface area (Å²) < 4.78 is 18.4. The Kier molecular flexibility index (Phi) is 5.22. The monoisotopic (exact) mass is 226 g/mol. The number of methoxy groups -OCH3 is 1. The van der Waals surface area contributed by atoms with Crippen LogP contribution in [0, 0.1) is 5.82 Å². The summed E-state index contributed by atoms with van der Waals surface area (Å²) in [5.41, 5.74) is 0.839. The first-order valence-corrected chi connectivity index (χ1v) is 5.44. The summed E-state index contributed by atoms with van der Waals surface area (Å²) in [7, 11) is 3.45. The minimum Gasteiger partial charge on any atom is -0.496 e. The van der Waals surface area contributed by atoms with Gasteiger partial charge in [-0.2, -0.15) is 0 Å². The van der Waals surface area contributed by atoms with Gasteiger partial charge >= 0.3 is 0 Å². The predicted molar refractivity (Wildman–Crippen MR) is 63.3 cm³/mol. The molecule has 0 fully saturated rings. The zero-order valence-electron chi connectivity index (χ0n) is 10.0. The number of benzene rings is 1. The second-order valence-corrected chi connectivity index (χ2v) is 3.54. The van der Waals surface area contributed by atoms with E-state index < -0.39 is 0 Å². The third-order valence-corrected chi connectivity index (χ3v) is 2.51. The lowest BCUT2D eigenvalue weighted by molar-refractivity contribution is 0.397. The van der Waals surface area contributed by atoms with Crippen molar-refractivity contribution in [3.63, 3.8) is 0 Å². The molecule has 1 aromatic rings. The standard InChI is InChI=1S/C12H19FN2O/c1-4-15-8-11(14-2)10-7-9(13)5-6-12(10)16-3/h5-7,11,14-15H,4,8H2,1-3H3. The van der Waals surface area contributed by atoms with Crippen molar-refractivity contribution in [3.05, 3.63) is 29.6 Å². The van der Waals surface area contributed by atoms with Crippen molar-refractivity contribution in [1.29, 1.82) is 0 Å². The van der Waals surface area contributed by atoms with E-state index in [2.05, 4.69) is 10.6 Å². The Morgan fingerprint density at radius 1 is 1.44 bits per heavy atom. The Morgan fingerprint density at radius 3 is 2.75 bits per heavy atom. The van der Waals surface area contributed by atoms with Crippen molar-refractivity contribution in [2.24, 2.45) is 0 Å². The smallest absolute Gasteiger partial charge is 0.123 e. The molecule has 0 amide bonds. The van der Waals surface area contributed by atoms with Crippen LogP contribution >= 0.6 is 0 Å². The molecule has 0 spiro atoms. The van der Waals surface area contributed by atoms with E-state index in [0.29, 0.717) is 5.75 Å². The summed E-state index contributed by atoms with van der Waals surface area (Å²) in [6.07, 6.45) is 0. The lowest BCUT2D eigenvalue weighted by Gasteiger charge is -2.19. The maximum Gasteiger partial charge on any atom is 0.123 e. The molecule has 1 aromatic carbocycles. The van der Waals surface area contributed by atoms with Gasteiger partial charge in [-0.05, 0) is 31.8 Å². The molecule has 0 aromatic heterocycles. The highest BCUT2D eigenvalue weighted by Crippen LogP contribution is 2.25. The van der Waals surface area contributed by atoms with Gasteiger partial charge in [-0.25, -0.2) is 4.39 Å². The first kappa shape index (κ1) is 12.9. The topological polar surface area (TPSA) is 33.3 Å². The van der Waals surface area contributed by atoms with Gasteiger partial charge in [0.05, 0.1) is 7.11 Å². The Morgan fingerprint density at radius 2 is 2.19 bits per heavy atom. The predicted octanol–water partition coefficient (Wildman–Crippen LogP) is 1.70. The van der Waals surface area contributed by atoms with Gasteiger partial charge in [-0.3, -0.25) is 0 Å². The van der Waals surface area contributed by atoms with E-state index in [4.69, 9.17) is 4.74 Å². The van der Waals surface area contributed by atoms with Crippen LogP contribution in [0.2, 0.25) is 0 Å². The summed E-state index contributed by atoms with van der Waals surface area (Å²) in [5.74, 6) is 0.464. The van der Waals surface area contributed by atoms with E-state index >= 15 is 0 Å². The molecule has 2 N–H and O–H groups in total. The van der Waals surface area contributed by atoms with Gasteiger partial charge in [0.2, 0.25) is 0 Å². The third kappa shape index (κ3) is 3.18. The number of nitrogens with one attached hydrogen (secondary N) is 2. The van der Waals surface area contributed by atoms with Gasteiger partial charge in [0.1, 0.15) is 11.6 Å². The molecule has 1 unspecified atom stereocenters. The minimum absolute atomic E-state index is 0.0469. The molecule has 90 valence electrons. The minimum atomic E-state index is -0.243. The summed E-state index contributed by atoms with van der Waals surface area (Å²) in [6.45, 7) is 3.66. The van der Waals surface area contributed by atoms with Gasteiger partial charge < -0.3 is 15.4 Å². The summed E-state index contributed by atoms with van der Waals surface area (Å²) in [6, 6.07) is 4.62. The van der Waals surface area contributed by atoms with Crippen LogP contribution in [0.1, 0.15) is 18.5 Å². The fourth-order valence-corrected chi connectivity index (χ4v) is 1.63. The molecule has 0 saturated heterocycles. The Labute approximate surface area is 96.0 Å². The molecule has 0 aliphatic rings. The number of hydrogen-bond donors (Lipinski definition) is 2. The molecular formula is C12H19FN2O. The molecule has 0 heterocycles. The van der Waals surface area contributed by atoms with E-state index in [1.54, 1.807) is 13.2 Å². The van der Waals surface area contributed by atoms with Gasteiger partial charge in [0, 0.05) is 18.2 Å².